The smallest absolute Gasteiger partial charge is 0.192 e. The Morgan fingerprint density at radius 3 is 3.08 bits per heavy atom. The summed E-state index contributed by atoms with van der Waals surface area (Å²) < 4.78 is 1.79. The second-order valence-electron chi connectivity index (χ2n) is 2.55. The predicted molar refractivity (Wildman–Crippen MR) is 44.8 cm³/mol. The van der Waals surface area contributed by atoms with Crippen molar-refractivity contribution < 1.29 is 0 Å². The molecule has 0 aliphatic carbocycles. The first kappa shape index (κ1) is 6.97. The highest BCUT2D eigenvalue weighted by Gasteiger charge is 1.99. The van der Waals surface area contributed by atoms with Crippen LogP contribution in [0.2, 0.25) is 0 Å². The number of hydrogen-bond donors (Lipinski definition) is 0. The Labute approximate surface area is 68.5 Å². The van der Waals surface area contributed by atoms with E-state index in [4.69, 9.17) is 0 Å². The highest BCUT2D eigenvalue weighted by molar-refractivity contribution is 5.72. The lowest BCUT2D eigenvalue weighted by atomic mass is 10.3. The quantitative estimate of drug-likeness (QED) is 0.559. The molecular formula is C8H7N3O. The van der Waals surface area contributed by atoms with Gasteiger partial charge in [0.15, 0.2) is 5.43 Å². The summed E-state index contributed by atoms with van der Waals surface area (Å²) in [7, 11) is 1.84. The Morgan fingerprint density at radius 1 is 1.50 bits per heavy atom. The van der Waals surface area contributed by atoms with Crippen LogP contribution < -0.4 is 5.43 Å². The van der Waals surface area contributed by atoms with Gasteiger partial charge in [-0.3, -0.25) is 4.79 Å². The summed E-state index contributed by atoms with van der Waals surface area (Å²) in [4.78, 5) is 19.0. The van der Waals surface area contributed by atoms with E-state index in [1.807, 2.05) is 7.05 Å². The van der Waals surface area contributed by atoms with Gasteiger partial charge in [-0.15, -0.1) is 0 Å². The van der Waals surface area contributed by atoms with Crippen molar-refractivity contribution in [3.63, 3.8) is 0 Å². The van der Waals surface area contributed by atoms with E-state index in [-0.39, 0.29) is 5.43 Å². The van der Waals surface area contributed by atoms with E-state index in [0.29, 0.717) is 11.0 Å². The van der Waals surface area contributed by atoms with Crippen molar-refractivity contribution >= 4 is 11.0 Å². The van der Waals surface area contributed by atoms with Crippen LogP contribution in [0.1, 0.15) is 0 Å². The van der Waals surface area contributed by atoms with Crippen LogP contribution >= 0.6 is 0 Å². The summed E-state index contributed by atoms with van der Waals surface area (Å²) in [6.07, 6.45) is 4.66. The molecule has 0 unspecified atom stereocenters. The van der Waals surface area contributed by atoms with Crippen molar-refractivity contribution in [3.05, 3.63) is 35.0 Å². The van der Waals surface area contributed by atoms with Crippen LogP contribution in [-0.2, 0) is 7.05 Å². The van der Waals surface area contributed by atoms with Gasteiger partial charge >= 0.3 is 0 Å². The third-order valence-electron chi connectivity index (χ3n) is 1.74. The summed E-state index contributed by atoms with van der Waals surface area (Å²) in [6, 6.07) is 1.51. The highest BCUT2D eigenvalue weighted by Crippen LogP contribution is 2.00. The zero-order valence-corrected chi connectivity index (χ0v) is 6.56. The van der Waals surface area contributed by atoms with E-state index >= 15 is 0 Å². The van der Waals surface area contributed by atoms with E-state index < -0.39 is 0 Å². The molecule has 0 saturated heterocycles. The van der Waals surface area contributed by atoms with Crippen LogP contribution in [0.4, 0.5) is 0 Å². The van der Waals surface area contributed by atoms with E-state index in [2.05, 4.69) is 9.97 Å². The third-order valence-corrected chi connectivity index (χ3v) is 1.74. The predicted octanol–water partition coefficient (Wildman–Crippen LogP) is 0.328. The topological polar surface area (TPSA) is 47.8 Å². The fraction of sp³-hybridized carbons (Fsp3) is 0.125. The average molecular weight is 161 g/mol. The fourth-order valence-corrected chi connectivity index (χ4v) is 1.12. The van der Waals surface area contributed by atoms with Crippen LogP contribution in [0.25, 0.3) is 11.0 Å². The molecule has 2 heterocycles. The van der Waals surface area contributed by atoms with Crippen molar-refractivity contribution in [1.29, 1.82) is 0 Å². The van der Waals surface area contributed by atoms with Crippen LogP contribution in [0.3, 0.4) is 0 Å². The molecule has 0 N–H and O–H groups in total. The molecule has 0 aliphatic rings. The number of aryl methyl sites for hydroxylation is 1. The van der Waals surface area contributed by atoms with E-state index in [1.165, 1.54) is 18.6 Å². The molecule has 4 nitrogen and oxygen atoms in total. The van der Waals surface area contributed by atoms with Crippen molar-refractivity contribution in [2.45, 2.75) is 0 Å². The Hall–Kier alpha value is -1.71. The first-order valence-corrected chi connectivity index (χ1v) is 3.54. The number of rotatable bonds is 0. The number of hydrogen-bond acceptors (Lipinski definition) is 3. The lowest BCUT2D eigenvalue weighted by molar-refractivity contribution is 0.922. The maximum Gasteiger partial charge on any atom is 0.192 e. The lowest BCUT2D eigenvalue weighted by Gasteiger charge is -2.00. The zero-order chi connectivity index (χ0) is 8.55. The molecule has 0 saturated carbocycles. The van der Waals surface area contributed by atoms with Gasteiger partial charge in [0.1, 0.15) is 12.0 Å². The molecule has 0 bridgehead atoms. The second kappa shape index (κ2) is 2.41. The lowest BCUT2D eigenvalue weighted by Crippen LogP contribution is -2.06. The second-order valence-corrected chi connectivity index (χ2v) is 2.55. The van der Waals surface area contributed by atoms with Crippen molar-refractivity contribution in [2.24, 2.45) is 7.05 Å². The summed E-state index contributed by atoms with van der Waals surface area (Å²) in [5.41, 5.74) is 0.626. The molecular weight excluding hydrogens is 154 g/mol. The normalized spacial score (nSPS) is 10.4. The van der Waals surface area contributed by atoms with Crippen LogP contribution in [-0.4, -0.2) is 14.5 Å². The van der Waals surface area contributed by atoms with Crippen LogP contribution in [0, 0.1) is 0 Å². The third kappa shape index (κ3) is 0.887. The Morgan fingerprint density at radius 2 is 2.33 bits per heavy atom. The molecule has 0 fully saturated rings. The van der Waals surface area contributed by atoms with Gasteiger partial charge in [0.2, 0.25) is 0 Å². The molecule has 12 heavy (non-hydrogen) atoms. The SMILES string of the molecule is Cn1ccc(=O)c2cncnc21. The molecule has 2 aromatic rings. The Kier molecular flexibility index (Phi) is 1.40. The van der Waals surface area contributed by atoms with Crippen molar-refractivity contribution in [2.75, 3.05) is 0 Å². The number of nitrogens with zero attached hydrogens (tertiary/aromatic N) is 3. The van der Waals surface area contributed by atoms with E-state index in [1.54, 1.807) is 10.8 Å². The van der Waals surface area contributed by atoms with Crippen LogP contribution in [0.5, 0.6) is 0 Å². The molecule has 2 rings (SSSR count). The Bertz CT molecular complexity index is 475. The molecule has 4 heteroatoms. The molecule has 0 aliphatic heterocycles. The largest absolute Gasteiger partial charge is 0.335 e. The number of fused-ring (bicyclic) bond motifs is 1. The van der Waals surface area contributed by atoms with Gasteiger partial charge in [0.05, 0.1) is 5.39 Å². The van der Waals surface area contributed by atoms with Crippen LogP contribution in [0.15, 0.2) is 29.6 Å². The minimum atomic E-state index is -0.0382. The first-order valence-electron chi connectivity index (χ1n) is 3.54. The van der Waals surface area contributed by atoms with Gasteiger partial charge in [-0.2, -0.15) is 0 Å². The van der Waals surface area contributed by atoms with E-state index in [9.17, 15) is 4.79 Å². The molecule has 0 atom stereocenters. The van der Waals surface area contributed by atoms with Gasteiger partial charge in [-0.1, -0.05) is 0 Å². The van der Waals surface area contributed by atoms with Gasteiger partial charge in [0.25, 0.3) is 0 Å². The standard InChI is InChI=1S/C8H7N3O/c1-11-3-2-7(12)6-4-9-5-10-8(6)11/h2-5H,1H3. The van der Waals surface area contributed by atoms with Gasteiger partial charge in [0, 0.05) is 25.5 Å². The van der Waals surface area contributed by atoms with Crippen molar-refractivity contribution in [1.82, 2.24) is 14.5 Å². The van der Waals surface area contributed by atoms with Gasteiger partial charge in [-0.25, -0.2) is 9.97 Å². The fourth-order valence-electron chi connectivity index (χ4n) is 1.12. The molecule has 60 valence electrons. The van der Waals surface area contributed by atoms with Gasteiger partial charge < -0.3 is 4.57 Å². The highest BCUT2D eigenvalue weighted by atomic mass is 16.1. The molecule has 0 aromatic carbocycles. The minimum Gasteiger partial charge on any atom is -0.335 e. The Balaban J connectivity index is 3.05. The summed E-state index contributed by atoms with van der Waals surface area (Å²) >= 11 is 0. The van der Waals surface area contributed by atoms with E-state index in [0.717, 1.165) is 0 Å². The monoisotopic (exact) mass is 161 g/mol. The molecule has 0 amide bonds. The summed E-state index contributed by atoms with van der Waals surface area (Å²) in [5.74, 6) is 0. The van der Waals surface area contributed by atoms with Crippen molar-refractivity contribution in [3.8, 4) is 0 Å². The summed E-state index contributed by atoms with van der Waals surface area (Å²) in [5, 5.41) is 0.558. The minimum absolute atomic E-state index is 0.0382. The molecule has 0 spiro atoms. The van der Waals surface area contributed by atoms with Gasteiger partial charge in [-0.05, 0) is 0 Å². The average Bonchev–Trinajstić information content (AvgIpc) is 2.12. The number of pyridine rings is 1. The zero-order valence-electron chi connectivity index (χ0n) is 6.56. The molecule has 0 radical (unpaired) electrons. The maximum atomic E-state index is 11.2. The number of aromatic nitrogens is 3. The maximum absolute atomic E-state index is 11.2. The first-order chi connectivity index (χ1) is 5.79. The summed E-state index contributed by atoms with van der Waals surface area (Å²) in [6.45, 7) is 0. The molecule has 2 aromatic heterocycles.